The third-order valence-corrected chi connectivity index (χ3v) is 5.08. The van der Waals surface area contributed by atoms with Crippen LogP contribution in [0.4, 0.5) is 5.69 Å². The number of anilines is 1. The van der Waals surface area contributed by atoms with Crippen LogP contribution in [0.25, 0.3) is 0 Å². The Morgan fingerprint density at radius 2 is 1.97 bits per heavy atom. The first kappa shape index (κ1) is 21.7. The molecule has 0 atom stereocenters. The first-order valence-corrected chi connectivity index (χ1v) is 10.2. The average Bonchev–Trinajstić information content (AvgIpc) is 3.18. The van der Waals surface area contributed by atoms with Gasteiger partial charge in [-0.2, -0.15) is 4.98 Å². The summed E-state index contributed by atoms with van der Waals surface area (Å²) in [6.07, 6.45) is 0. The van der Waals surface area contributed by atoms with E-state index in [1.165, 1.54) is 11.8 Å². The van der Waals surface area contributed by atoms with Gasteiger partial charge in [-0.3, -0.25) is 4.79 Å². The highest BCUT2D eigenvalue weighted by molar-refractivity contribution is 7.98. The Balaban J connectivity index is 1.72. The Morgan fingerprint density at radius 1 is 1.13 bits per heavy atom. The molecule has 30 heavy (non-hydrogen) atoms. The molecular formula is C21H23N3O5S. The molecule has 2 aromatic carbocycles. The maximum Gasteiger partial charge on any atom is 0.256 e. The van der Waals surface area contributed by atoms with Crippen LogP contribution in [-0.4, -0.2) is 43.5 Å². The number of amides is 1. The smallest absolute Gasteiger partial charge is 0.256 e. The van der Waals surface area contributed by atoms with Crippen molar-refractivity contribution in [2.75, 3.05) is 32.8 Å². The number of carbonyl (C=O) groups excluding carboxylic acids is 1. The van der Waals surface area contributed by atoms with Crippen LogP contribution in [0.3, 0.4) is 0 Å². The van der Waals surface area contributed by atoms with Gasteiger partial charge in [-0.05, 0) is 31.2 Å². The maximum absolute atomic E-state index is 12.9. The molecule has 1 heterocycles. The molecule has 1 amide bonds. The van der Waals surface area contributed by atoms with Crippen LogP contribution < -0.4 is 14.8 Å². The van der Waals surface area contributed by atoms with Gasteiger partial charge in [0.05, 0.1) is 25.0 Å². The number of hydrogen-bond acceptors (Lipinski definition) is 8. The van der Waals surface area contributed by atoms with Crippen molar-refractivity contribution in [1.82, 2.24) is 10.1 Å². The molecule has 0 aliphatic carbocycles. The van der Waals surface area contributed by atoms with E-state index in [2.05, 4.69) is 15.5 Å². The number of ether oxygens (including phenoxy) is 3. The zero-order valence-electron chi connectivity index (χ0n) is 17.0. The molecule has 8 nitrogen and oxygen atoms in total. The van der Waals surface area contributed by atoms with Crippen molar-refractivity contribution in [3.8, 4) is 11.5 Å². The van der Waals surface area contributed by atoms with Gasteiger partial charge in [0.1, 0.15) is 6.61 Å². The van der Waals surface area contributed by atoms with Gasteiger partial charge in [-0.1, -0.05) is 17.3 Å². The number of methoxy groups -OCH3 is 2. The summed E-state index contributed by atoms with van der Waals surface area (Å²) in [5.74, 6) is 2.45. The monoisotopic (exact) mass is 429 g/mol. The molecule has 0 aliphatic rings. The number of aryl methyl sites for hydroxylation is 1. The lowest BCUT2D eigenvalue weighted by molar-refractivity contribution is 0.102. The van der Waals surface area contributed by atoms with Crippen molar-refractivity contribution in [2.24, 2.45) is 0 Å². The summed E-state index contributed by atoms with van der Waals surface area (Å²) in [5.41, 5.74) is 1.15. The van der Waals surface area contributed by atoms with Gasteiger partial charge >= 0.3 is 0 Å². The van der Waals surface area contributed by atoms with E-state index in [-0.39, 0.29) is 5.91 Å². The quantitative estimate of drug-likeness (QED) is 0.382. The number of nitrogens with one attached hydrogen (secondary N) is 1. The molecule has 3 rings (SSSR count). The number of benzene rings is 2. The normalized spacial score (nSPS) is 10.6. The van der Waals surface area contributed by atoms with Gasteiger partial charge in [0.15, 0.2) is 17.3 Å². The zero-order chi connectivity index (χ0) is 21.3. The minimum Gasteiger partial charge on any atom is -0.493 e. The molecule has 0 bridgehead atoms. The summed E-state index contributed by atoms with van der Waals surface area (Å²) < 4.78 is 21.1. The molecular weight excluding hydrogens is 406 g/mol. The second kappa shape index (κ2) is 10.7. The highest BCUT2D eigenvalue weighted by Gasteiger charge is 2.14. The summed E-state index contributed by atoms with van der Waals surface area (Å²) in [4.78, 5) is 17.9. The first-order chi connectivity index (χ1) is 14.6. The van der Waals surface area contributed by atoms with Crippen molar-refractivity contribution in [1.29, 1.82) is 0 Å². The van der Waals surface area contributed by atoms with E-state index in [1.807, 2.05) is 18.2 Å². The summed E-state index contributed by atoms with van der Waals surface area (Å²) in [6, 6.07) is 12.6. The lowest BCUT2D eigenvalue weighted by Crippen LogP contribution is -2.13. The zero-order valence-corrected chi connectivity index (χ0v) is 17.8. The third kappa shape index (κ3) is 5.74. The Bertz CT molecular complexity index is 992. The van der Waals surface area contributed by atoms with Gasteiger partial charge in [0.2, 0.25) is 5.89 Å². The fourth-order valence-corrected chi connectivity index (χ4v) is 3.51. The standard InChI is InChI=1S/C21H23N3O5S/c1-14-22-20(29-24-14)13-30-19-7-5-4-6-16(19)21(25)23-15-8-9-17(27-3)18(12-15)28-11-10-26-2/h4-9,12H,10-11,13H2,1-3H3,(H,23,25). The number of hydrogen-bond donors (Lipinski definition) is 1. The number of rotatable bonds is 10. The fourth-order valence-electron chi connectivity index (χ4n) is 2.62. The van der Waals surface area contributed by atoms with Crippen LogP contribution in [0.15, 0.2) is 51.9 Å². The Hall–Kier alpha value is -3.04. The SMILES string of the molecule is COCCOc1cc(NC(=O)c2ccccc2SCc2nc(C)no2)ccc1OC. The van der Waals surface area contributed by atoms with Crippen LogP contribution in [0.2, 0.25) is 0 Å². The molecule has 0 saturated heterocycles. The molecule has 1 N–H and O–H groups in total. The molecule has 158 valence electrons. The molecule has 0 saturated carbocycles. The molecule has 1 aromatic heterocycles. The van der Waals surface area contributed by atoms with Crippen LogP contribution >= 0.6 is 11.8 Å². The van der Waals surface area contributed by atoms with Crippen molar-refractivity contribution >= 4 is 23.4 Å². The van der Waals surface area contributed by atoms with E-state index in [0.717, 1.165) is 4.90 Å². The van der Waals surface area contributed by atoms with Crippen molar-refractivity contribution < 1.29 is 23.5 Å². The van der Waals surface area contributed by atoms with E-state index in [4.69, 9.17) is 18.7 Å². The number of carbonyl (C=O) groups is 1. The van der Waals surface area contributed by atoms with E-state index in [0.29, 0.717) is 53.4 Å². The van der Waals surface area contributed by atoms with Gasteiger partial charge < -0.3 is 24.1 Å². The third-order valence-electron chi connectivity index (χ3n) is 4.02. The summed E-state index contributed by atoms with van der Waals surface area (Å²) in [7, 11) is 3.17. The van der Waals surface area contributed by atoms with Crippen LogP contribution in [0.1, 0.15) is 22.1 Å². The maximum atomic E-state index is 12.9. The molecule has 0 aliphatic heterocycles. The molecule has 0 radical (unpaired) electrons. The summed E-state index contributed by atoms with van der Waals surface area (Å²) in [6.45, 7) is 2.59. The highest BCUT2D eigenvalue weighted by atomic mass is 32.2. The number of thioether (sulfide) groups is 1. The van der Waals surface area contributed by atoms with Gasteiger partial charge in [0.25, 0.3) is 5.91 Å². The molecule has 0 unspecified atom stereocenters. The van der Waals surface area contributed by atoms with Crippen molar-refractivity contribution in [3.05, 3.63) is 59.7 Å². The van der Waals surface area contributed by atoms with Crippen LogP contribution in [0, 0.1) is 6.92 Å². The number of aromatic nitrogens is 2. The summed E-state index contributed by atoms with van der Waals surface area (Å²) in [5, 5.41) is 6.70. The van der Waals surface area contributed by atoms with E-state index in [1.54, 1.807) is 45.4 Å². The van der Waals surface area contributed by atoms with Crippen molar-refractivity contribution in [3.63, 3.8) is 0 Å². The van der Waals surface area contributed by atoms with Crippen LogP contribution in [0.5, 0.6) is 11.5 Å². The Kier molecular flexibility index (Phi) is 7.69. The van der Waals surface area contributed by atoms with Gasteiger partial charge in [-0.15, -0.1) is 11.8 Å². The fraction of sp³-hybridized carbons (Fsp3) is 0.286. The molecule has 9 heteroatoms. The highest BCUT2D eigenvalue weighted by Crippen LogP contribution is 2.31. The Morgan fingerprint density at radius 3 is 2.70 bits per heavy atom. The minimum atomic E-state index is -0.229. The lowest BCUT2D eigenvalue weighted by atomic mass is 10.2. The Labute approximate surface area is 178 Å². The minimum absolute atomic E-state index is 0.229. The largest absolute Gasteiger partial charge is 0.493 e. The molecule has 3 aromatic rings. The lowest BCUT2D eigenvalue weighted by Gasteiger charge is -2.13. The van der Waals surface area contributed by atoms with E-state index in [9.17, 15) is 4.79 Å². The van der Waals surface area contributed by atoms with E-state index >= 15 is 0 Å². The van der Waals surface area contributed by atoms with Gasteiger partial charge in [0, 0.05) is 23.8 Å². The predicted octanol–water partition coefficient (Wildman–Crippen LogP) is 3.96. The topological polar surface area (TPSA) is 95.7 Å². The van der Waals surface area contributed by atoms with Gasteiger partial charge in [-0.25, -0.2) is 0 Å². The predicted molar refractivity (Wildman–Crippen MR) is 113 cm³/mol. The molecule has 0 spiro atoms. The second-order valence-electron chi connectivity index (χ2n) is 6.18. The van der Waals surface area contributed by atoms with Crippen LogP contribution in [-0.2, 0) is 10.5 Å². The molecule has 0 fully saturated rings. The van der Waals surface area contributed by atoms with Crippen molar-refractivity contribution in [2.45, 2.75) is 17.6 Å². The average molecular weight is 429 g/mol. The van der Waals surface area contributed by atoms with E-state index < -0.39 is 0 Å². The number of nitrogens with zero attached hydrogens (tertiary/aromatic N) is 2. The second-order valence-corrected chi connectivity index (χ2v) is 7.20. The summed E-state index contributed by atoms with van der Waals surface area (Å²) >= 11 is 1.46. The first-order valence-electron chi connectivity index (χ1n) is 9.23.